The largest absolute Gasteiger partial charge is 0.488 e. The van der Waals surface area contributed by atoms with E-state index in [0.717, 1.165) is 17.6 Å². The van der Waals surface area contributed by atoms with E-state index >= 15 is 0 Å². The summed E-state index contributed by atoms with van der Waals surface area (Å²) in [4.78, 5) is 14.7. The van der Waals surface area contributed by atoms with Crippen LogP contribution in [0.15, 0.2) is 39.9 Å². The molecule has 0 saturated carbocycles. The number of amides is 1. The lowest BCUT2D eigenvalue weighted by molar-refractivity contribution is -0.134. The second-order valence-electron chi connectivity index (χ2n) is 8.80. The van der Waals surface area contributed by atoms with Crippen molar-refractivity contribution in [2.75, 3.05) is 37.7 Å². The molecule has 35 heavy (non-hydrogen) atoms. The molecule has 1 aliphatic rings. The Hall–Kier alpha value is -2.19. The number of hydrogen-bond donors (Lipinski definition) is 2. The van der Waals surface area contributed by atoms with Crippen LogP contribution in [0.4, 0.5) is 5.69 Å². The van der Waals surface area contributed by atoms with Crippen molar-refractivity contribution in [3.8, 4) is 5.75 Å². The van der Waals surface area contributed by atoms with Gasteiger partial charge in [-0.15, -0.1) is 11.3 Å². The molecule has 10 nitrogen and oxygen atoms in total. The van der Waals surface area contributed by atoms with Crippen LogP contribution in [-0.4, -0.2) is 82.2 Å². The molecule has 0 fully saturated rings. The number of rotatable bonds is 8. The van der Waals surface area contributed by atoms with E-state index in [4.69, 9.17) is 4.74 Å². The minimum Gasteiger partial charge on any atom is -0.488 e. The lowest BCUT2D eigenvalue weighted by Crippen LogP contribution is -2.48. The minimum atomic E-state index is -3.72. The van der Waals surface area contributed by atoms with Crippen molar-refractivity contribution in [3.63, 3.8) is 0 Å². The van der Waals surface area contributed by atoms with Gasteiger partial charge in [-0.1, -0.05) is 13.0 Å². The number of aliphatic hydroxyl groups is 1. The first kappa shape index (κ1) is 27.4. The smallest absolute Gasteiger partial charge is 0.252 e. The highest BCUT2D eigenvalue weighted by Gasteiger charge is 2.33. The van der Waals surface area contributed by atoms with Gasteiger partial charge < -0.3 is 14.7 Å². The summed E-state index contributed by atoms with van der Waals surface area (Å²) in [5, 5.41) is 11.4. The van der Waals surface area contributed by atoms with Crippen LogP contribution in [0.3, 0.4) is 0 Å². The molecule has 0 saturated heterocycles. The maximum Gasteiger partial charge on any atom is 0.252 e. The molecule has 2 aromatic rings. The Bertz CT molecular complexity index is 1250. The number of fused-ring (bicyclic) bond motifs is 1. The zero-order valence-corrected chi connectivity index (χ0v) is 22.5. The number of benzene rings is 1. The van der Waals surface area contributed by atoms with Gasteiger partial charge in [0.25, 0.3) is 10.0 Å². The Morgan fingerprint density at radius 1 is 1.29 bits per heavy atom. The fourth-order valence-corrected chi connectivity index (χ4v) is 6.78. The molecule has 194 valence electrons. The van der Waals surface area contributed by atoms with E-state index in [1.807, 2.05) is 6.92 Å². The topological polar surface area (TPSA) is 133 Å². The molecule has 0 unspecified atom stereocenters. The summed E-state index contributed by atoms with van der Waals surface area (Å²) >= 11 is 1.13. The number of anilines is 1. The van der Waals surface area contributed by atoms with Crippen LogP contribution in [0.25, 0.3) is 0 Å². The predicted molar refractivity (Wildman–Crippen MR) is 135 cm³/mol. The second kappa shape index (κ2) is 10.8. The van der Waals surface area contributed by atoms with Gasteiger partial charge in [-0.3, -0.25) is 9.52 Å². The Morgan fingerprint density at radius 2 is 2.00 bits per heavy atom. The number of nitrogens with one attached hydrogen (secondary N) is 1. The lowest BCUT2D eigenvalue weighted by Gasteiger charge is -2.33. The highest BCUT2D eigenvalue weighted by Crippen LogP contribution is 2.30. The van der Waals surface area contributed by atoms with E-state index in [9.17, 15) is 26.7 Å². The molecular weight excluding hydrogens is 514 g/mol. The van der Waals surface area contributed by atoms with Gasteiger partial charge >= 0.3 is 0 Å². The van der Waals surface area contributed by atoms with E-state index in [0.29, 0.717) is 11.3 Å². The first-order valence-electron chi connectivity index (χ1n) is 11.0. The predicted octanol–water partition coefficient (Wildman–Crippen LogP) is 1.59. The van der Waals surface area contributed by atoms with Gasteiger partial charge in [-0.2, -0.15) is 4.31 Å². The van der Waals surface area contributed by atoms with Gasteiger partial charge in [0.05, 0.1) is 31.9 Å². The van der Waals surface area contributed by atoms with Gasteiger partial charge in [0, 0.05) is 30.8 Å². The van der Waals surface area contributed by atoms with E-state index < -0.39 is 32.2 Å². The SMILES string of the molecule is C[C@H]1CN([C@@H](C)CO)C(=O)Cc2cc(NS(C)(=O)=O)ccc2O[C@H]1CN(C)S(=O)(=O)c1cccs1. The molecular formula is C22H31N3O7S3. The fourth-order valence-electron chi connectivity index (χ4n) is 3.84. The van der Waals surface area contributed by atoms with Crippen molar-refractivity contribution >= 4 is 43.0 Å². The minimum absolute atomic E-state index is 0.0275. The summed E-state index contributed by atoms with van der Waals surface area (Å²) in [6.45, 7) is 3.64. The zero-order chi connectivity index (χ0) is 26.0. The number of nitrogens with zero attached hydrogens (tertiary/aromatic N) is 2. The van der Waals surface area contributed by atoms with Crippen LogP contribution in [0.5, 0.6) is 5.75 Å². The van der Waals surface area contributed by atoms with Crippen LogP contribution in [0, 0.1) is 5.92 Å². The maximum absolute atomic E-state index is 13.2. The molecule has 1 aromatic heterocycles. The van der Waals surface area contributed by atoms with E-state index in [-0.39, 0.29) is 47.8 Å². The molecule has 1 amide bonds. The number of hydrogen-bond acceptors (Lipinski definition) is 8. The Morgan fingerprint density at radius 3 is 2.60 bits per heavy atom. The van der Waals surface area contributed by atoms with Crippen molar-refractivity contribution in [1.29, 1.82) is 0 Å². The molecule has 1 aromatic carbocycles. The van der Waals surface area contributed by atoms with Gasteiger partial charge in [0.15, 0.2) is 0 Å². The summed E-state index contributed by atoms with van der Waals surface area (Å²) < 4.78 is 59.5. The third-order valence-electron chi connectivity index (χ3n) is 5.82. The number of ether oxygens (including phenoxy) is 1. The highest BCUT2D eigenvalue weighted by atomic mass is 32.2. The molecule has 0 aliphatic carbocycles. The Balaban J connectivity index is 1.99. The molecule has 2 heterocycles. The van der Waals surface area contributed by atoms with Gasteiger partial charge in [-0.05, 0) is 36.6 Å². The molecule has 1 aliphatic heterocycles. The average molecular weight is 546 g/mol. The number of carbonyl (C=O) groups excluding carboxylic acids is 1. The van der Waals surface area contributed by atoms with E-state index in [1.165, 1.54) is 23.5 Å². The van der Waals surface area contributed by atoms with Crippen molar-refractivity contribution in [2.45, 2.75) is 36.6 Å². The first-order chi connectivity index (χ1) is 16.3. The number of sulfonamides is 2. The lowest BCUT2D eigenvalue weighted by atomic mass is 10.0. The zero-order valence-electron chi connectivity index (χ0n) is 20.0. The van der Waals surface area contributed by atoms with Gasteiger partial charge in [0.2, 0.25) is 15.9 Å². The van der Waals surface area contributed by atoms with Crippen LogP contribution >= 0.6 is 11.3 Å². The summed E-state index contributed by atoms with van der Waals surface area (Å²) in [6, 6.07) is 7.40. The van der Waals surface area contributed by atoms with E-state index in [2.05, 4.69) is 4.72 Å². The molecule has 2 N–H and O–H groups in total. The summed E-state index contributed by atoms with van der Waals surface area (Å²) in [5.74, 6) is -0.164. The number of aliphatic hydroxyl groups excluding tert-OH is 1. The molecule has 3 rings (SSSR count). The monoisotopic (exact) mass is 545 g/mol. The molecule has 13 heteroatoms. The third-order valence-corrected chi connectivity index (χ3v) is 9.62. The van der Waals surface area contributed by atoms with Crippen molar-refractivity contribution in [3.05, 3.63) is 41.3 Å². The second-order valence-corrected chi connectivity index (χ2v) is 13.8. The summed E-state index contributed by atoms with van der Waals surface area (Å²) in [7, 11) is -5.77. The van der Waals surface area contributed by atoms with Crippen molar-refractivity contribution < 1.29 is 31.5 Å². The van der Waals surface area contributed by atoms with E-state index in [1.54, 1.807) is 35.4 Å². The number of thiophene rings is 1. The van der Waals surface area contributed by atoms with Crippen LogP contribution < -0.4 is 9.46 Å². The normalized spacial score (nSPS) is 20.4. The highest BCUT2D eigenvalue weighted by molar-refractivity contribution is 7.92. The fraction of sp³-hybridized carbons (Fsp3) is 0.500. The standard InChI is InChI=1S/C22H31N3O7S3/c1-15-12-25(16(2)14-26)21(27)11-17-10-18(23-34(4,28)29)7-8-19(17)32-20(15)13-24(3)35(30,31)22-6-5-9-33-22/h5-10,15-16,20,23,26H,11-14H2,1-4H3/t15-,16-,20-/m0/s1. The Kier molecular flexibility index (Phi) is 8.48. The molecule has 3 atom stereocenters. The quantitative estimate of drug-likeness (QED) is 0.515. The summed E-state index contributed by atoms with van der Waals surface area (Å²) in [6.07, 6.45) is 0.339. The number of likely N-dealkylation sites (N-methyl/N-ethyl adjacent to an activating group) is 1. The summed E-state index contributed by atoms with van der Waals surface area (Å²) in [5.41, 5.74) is 0.743. The van der Waals surface area contributed by atoms with Crippen molar-refractivity contribution in [1.82, 2.24) is 9.21 Å². The number of carbonyl (C=O) groups is 1. The van der Waals surface area contributed by atoms with Crippen LogP contribution in [0.2, 0.25) is 0 Å². The van der Waals surface area contributed by atoms with Crippen LogP contribution in [0.1, 0.15) is 19.4 Å². The molecule has 0 radical (unpaired) electrons. The molecule has 0 spiro atoms. The van der Waals surface area contributed by atoms with Crippen molar-refractivity contribution in [2.24, 2.45) is 5.92 Å². The average Bonchev–Trinajstić information content (AvgIpc) is 3.32. The first-order valence-corrected chi connectivity index (χ1v) is 15.2. The Labute approximate surface area is 210 Å². The van der Waals surface area contributed by atoms with Gasteiger partial charge in [-0.25, -0.2) is 16.8 Å². The van der Waals surface area contributed by atoms with Crippen LogP contribution in [-0.2, 0) is 31.3 Å². The third kappa shape index (κ3) is 6.73. The maximum atomic E-state index is 13.2. The van der Waals surface area contributed by atoms with Gasteiger partial charge in [0.1, 0.15) is 16.1 Å². The molecule has 0 bridgehead atoms.